The molecule has 1 saturated heterocycles. The molecule has 7 nitrogen and oxygen atoms in total. The zero-order chi connectivity index (χ0) is 21.1. The van der Waals surface area contributed by atoms with Crippen molar-refractivity contribution in [2.24, 2.45) is 0 Å². The Morgan fingerprint density at radius 2 is 1.93 bits per heavy atom. The maximum Gasteiger partial charge on any atom is 0.272 e. The minimum Gasteiger partial charge on any atom is -0.338 e. The Morgan fingerprint density at radius 3 is 2.70 bits per heavy atom. The maximum atomic E-state index is 13.1. The third kappa shape index (κ3) is 4.06. The van der Waals surface area contributed by atoms with Crippen LogP contribution >= 0.6 is 0 Å². The number of piperidine rings is 1. The van der Waals surface area contributed by atoms with E-state index < -0.39 is 0 Å². The summed E-state index contributed by atoms with van der Waals surface area (Å²) in [6, 6.07) is 13.3. The van der Waals surface area contributed by atoms with Crippen molar-refractivity contribution in [3.63, 3.8) is 0 Å². The van der Waals surface area contributed by atoms with Gasteiger partial charge in [0.2, 0.25) is 5.91 Å². The minimum atomic E-state index is -0.176. The number of hydrogen-bond acceptors (Lipinski definition) is 4. The molecule has 0 saturated carbocycles. The Labute approximate surface area is 176 Å². The van der Waals surface area contributed by atoms with Crippen LogP contribution in [0.25, 0.3) is 11.0 Å². The summed E-state index contributed by atoms with van der Waals surface area (Å²) in [5.41, 5.74) is 2.12. The van der Waals surface area contributed by atoms with Gasteiger partial charge in [0.05, 0.1) is 17.6 Å². The van der Waals surface area contributed by atoms with Crippen LogP contribution in [0.4, 0.5) is 0 Å². The Morgan fingerprint density at radius 1 is 1.13 bits per heavy atom. The van der Waals surface area contributed by atoms with Crippen LogP contribution in [0.3, 0.4) is 0 Å². The summed E-state index contributed by atoms with van der Waals surface area (Å²) >= 11 is 0. The van der Waals surface area contributed by atoms with Crippen molar-refractivity contribution in [1.29, 1.82) is 0 Å². The van der Waals surface area contributed by atoms with Gasteiger partial charge in [0.15, 0.2) is 0 Å². The highest BCUT2D eigenvalue weighted by molar-refractivity contribution is 5.92. The predicted molar refractivity (Wildman–Crippen MR) is 115 cm³/mol. The number of hydrogen-bond donors (Lipinski definition) is 0. The molecule has 1 fully saturated rings. The summed E-state index contributed by atoms with van der Waals surface area (Å²) in [7, 11) is 1.73. The van der Waals surface area contributed by atoms with E-state index in [4.69, 9.17) is 4.98 Å². The van der Waals surface area contributed by atoms with Crippen LogP contribution in [0.5, 0.6) is 0 Å². The van der Waals surface area contributed by atoms with Crippen LogP contribution in [0.1, 0.15) is 42.5 Å². The van der Waals surface area contributed by atoms with Gasteiger partial charge in [0.25, 0.3) is 5.91 Å². The second-order valence-electron chi connectivity index (χ2n) is 7.91. The average molecular weight is 406 g/mol. The largest absolute Gasteiger partial charge is 0.338 e. The number of likely N-dealkylation sites (tertiary alicyclic amines) is 1. The summed E-state index contributed by atoms with van der Waals surface area (Å²) in [5, 5.41) is 0. The topological polar surface area (TPSA) is 71.3 Å². The zero-order valence-electron chi connectivity index (χ0n) is 17.5. The second-order valence-corrected chi connectivity index (χ2v) is 7.91. The van der Waals surface area contributed by atoms with Crippen molar-refractivity contribution in [3.05, 3.63) is 60.2 Å². The van der Waals surface area contributed by atoms with E-state index in [0.717, 1.165) is 30.4 Å². The highest BCUT2D eigenvalue weighted by Crippen LogP contribution is 2.21. The molecule has 3 heterocycles. The summed E-state index contributed by atoms with van der Waals surface area (Å²) < 4.78 is 1.95. The molecular weight excluding hydrogens is 378 g/mol. The first kappa shape index (κ1) is 20.1. The lowest BCUT2D eigenvalue weighted by Gasteiger charge is -2.33. The summed E-state index contributed by atoms with van der Waals surface area (Å²) in [6.45, 7) is 3.45. The Bertz CT molecular complexity index is 1050. The standard InChI is InChI=1S/C23H27N5O2/c1-17-9-6-8-14-27(17)22(29)16-28-20-12-4-3-10-18(20)25-21(28)15-26(2)23(30)19-11-5-7-13-24-19/h3-5,7,10-13,17H,6,8-9,14-16H2,1-2H3. The smallest absolute Gasteiger partial charge is 0.272 e. The van der Waals surface area contributed by atoms with E-state index in [2.05, 4.69) is 11.9 Å². The molecule has 2 amide bonds. The maximum absolute atomic E-state index is 13.1. The van der Waals surface area contributed by atoms with Gasteiger partial charge in [-0.2, -0.15) is 0 Å². The van der Waals surface area contributed by atoms with E-state index in [1.807, 2.05) is 33.7 Å². The van der Waals surface area contributed by atoms with Crippen LogP contribution in [0.2, 0.25) is 0 Å². The van der Waals surface area contributed by atoms with Gasteiger partial charge >= 0.3 is 0 Å². The van der Waals surface area contributed by atoms with E-state index in [9.17, 15) is 9.59 Å². The fourth-order valence-electron chi connectivity index (χ4n) is 4.09. The number of fused-ring (bicyclic) bond motifs is 1. The molecule has 0 bridgehead atoms. The van der Waals surface area contributed by atoms with Gasteiger partial charge in [-0.25, -0.2) is 4.98 Å². The van der Waals surface area contributed by atoms with Crippen molar-refractivity contribution in [3.8, 4) is 0 Å². The molecule has 1 aliphatic heterocycles. The average Bonchev–Trinajstić information content (AvgIpc) is 3.11. The molecule has 2 aromatic heterocycles. The number of carbonyl (C=O) groups excluding carboxylic acids is 2. The molecule has 3 aromatic rings. The number of nitrogens with zero attached hydrogens (tertiary/aromatic N) is 5. The predicted octanol–water partition coefficient (Wildman–Crippen LogP) is 3.10. The summed E-state index contributed by atoms with van der Waals surface area (Å²) in [4.78, 5) is 38.3. The highest BCUT2D eigenvalue weighted by atomic mass is 16.2. The molecule has 1 atom stereocenters. The number of rotatable bonds is 5. The molecular formula is C23H27N5O2. The van der Waals surface area contributed by atoms with E-state index in [1.165, 1.54) is 6.42 Å². The number of benzene rings is 1. The molecule has 0 spiro atoms. The van der Waals surface area contributed by atoms with Gasteiger partial charge in [0.1, 0.15) is 18.1 Å². The third-order valence-electron chi connectivity index (χ3n) is 5.76. The fraction of sp³-hybridized carbons (Fsp3) is 0.391. The van der Waals surface area contributed by atoms with Gasteiger partial charge in [-0.05, 0) is 50.5 Å². The first-order valence-corrected chi connectivity index (χ1v) is 10.4. The van der Waals surface area contributed by atoms with E-state index in [-0.39, 0.29) is 24.4 Å². The van der Waals surface area contributed by atoms with Crippen molar-refractivity contribution in [2.75, 3.05) is 13.6 Å². The van der Waals surface area contributed by atoms with E-state index >= 15 is 0 Å². The number of aromatic nitrogens is 3. The summed E-state index contributed by atoms with van der Waals surface area (Å²) in [6.07, 6.45) is 4.87. The highest BCUT2D eigenvalue weighted by Gasteiger charge is 2.25. The Kier molecular flexibility index (Phi) is 5.79. The molecule has 156 valence electrons. The van der Waals surface area contributed by atoms with Crippen LogP contribution in [-0.4, -0.2) is 55.8 Å². The normalized spacial score (nSPS) is 16.6. The Balaban J connectivity index is 1.60. The van der Waals surface area contributed by atoms with E-state index in [0.29, 0.717) is 18.1 Å². The van der Waals surface area contributed by atoms with Gasteiger partial charge in [-0.3, -0.25) is 14.6 Å². The molecule has 0 N–H and O–H groups in total. The van der Waals surface area contributed by atoms with Crippen LogP contribution in [0, 0.1) is 0 Å². The van der Waals surface area contributed by atoms with Crippen LogP contribution < -0.4 is 0 Å². The van der Waals surface area contributed by atoms with Gasteiger partial charge < -0.3 is 14.4 Å². The van der Waals surface area contributed by atoms with Crippen molar-refractivity contribution >= 4 is 22.8 Å². The van der Waals surface area contributed by atoms with Crippen LogP contribution in [-0.2, 0) is 17.9 Å². The third-order valence-corrected chi connectivity index (χ3v) is 5.76. The van der Waals surface area contributed by atoms with Crippen molar-refractivity contribution in [2.45, 2.75) is 45.3 Å². The fourth-order valence-corrected chi connectivity index (χ4v) is 4.09. The number of pyridine rings is 1. The lowest BCUT2D eigenvalue weighted by atomic mass is 10.0. The van der Waals surface area contributed by atoms with Gasteiger partial charge in [0, 0.05) is 25.8 Å². The van der Waals surface area contributed by atoms with Gasteiger partial charge in [-0.1, -0.05) is 18.2 Å². The number of carbonyl (C=O) groups is 2. The minimum absolute atomic E-state index is 0.102. The first-order valence-electron chi connectivity index (χ1n) is 10.4. The quantitative estimate of drug-likeness (QED) is 0.654. The molecule has 0 radical (unpaired) electrons. The zero-order valence-corrected chi connectivity index (χ0v) is 17.5. The van der Waals surface area contributed by atoms with Crippen molar-refractivity contribution in [1.82, 2.24) is 24.3 Å². The number of imidazole rings is 1. The first-order chi connectivity index (χ1) is 14.5. The SMILES string of the molecule is CC1CCCCN1C(=O)Cn1c(CN(C)C(=O)c2ccccn2)nc2ccccc21. The number of para-hydroxylation sites is 2. The molecule has 4 rings (SSSR count). The molecule has 30 heavy (non-hydrogen) atoms. The number of amides is 2. The molecule has 1 aliphatic rings. The monoisotopic (exact) mass is 405 g/mol. The van der Waals surface area contributed by atoms with Crippen LogP contribution in [0.15, 0.2) is 48.7 Å². The lowest BCUT2D eigenvalue weighted by Crippen LogP contribution is -2.43. The Hall–Kier alpha value is -3.22. The second kappa shape index (κ2) is 8.65. The van der Waals surface area contributed by atoms with Gasteiger partial charge in [-0.15, -0.1) is 0 Å². The lowest BCUT2D eigenvalue weighted by molar-refractivity contribution is -0.135. The molecule has 0 aliphatic carbocycles. The van der Waals surface area contributed by atoms with Crippen molar-refractivity contribution < 1.29 is 9.59 Å². The van der Waals surface area contributed by atoms with E-state index in [1.54, 1.807) is 36.3 Å². The molecule has 7 heteroatoms. The molecule has 1 aromatic carbocycles. The molecule has 1 unspecified atom stereocenters. The summed E-state index contributed by atoms with van der Waals surface area (Å²) in [5.74, 6) is 0.622.